The highest BCUT2D eigenvalue weighted by Gasteiger charge is 2.39. The van der Waals surface area contributed by atoms with Crippen LogP contribution in [0.1, 0.15) is 28.5 Å². The van der Waals surface area contributed by atoms with Gasteiger partial charge in [-0.3, -0.25) is 9.69 Å². The number of nitrogens with one attached hydrogen (secondary N) is 1. The van der Waals surface area contributed by atoms with Crippen molar-refractivity contribution < 1.29 is 18.0 Å². The van der Waals surface area contributed by atoms with Crippen LogP contribution in [0.4, 0.5) is 13.2 Å². The number of hydrogen-bond donors (Lipinski definition) is 1. The first-order chi connectivity index (χ1) is 9.23. The van der Waals surface area contributed by atoms with E-state index in [0.717, 1.165) is 19.3 Å². The Bertz CT molecular complexity index is 492. The molecule has 0 aliphatic carbocycles. The summed E-state index contributed by atoms with van der Waals surface area (Å²) < 4.78 is 37.6. The van der Waals surface area contributed by atoms with Crippen LogP contribution in [0.25, 0.3) is 0 Å². The Morgan fingerprint density at radius 3 is 2.45 bits per heavy atom. The summed E-state index contributed by atoms with van der Waals surface area (Å²) in [5.41, 5.74) is -0.822. The van der Waals surface area contributed by atoms with Crippen molar-refractivity contribution in [2.45, 2.75) is 25.6 Å². The average Bonchev–Trinajstić information content (AvgIpc) is 2.88. The van der Waals surface area contributed by atoms with Gasteiger partial charge in [0.05, 0.1) is 10.4 Å². The molecule has 1 N–H and O–H groups in total. The lowest BCUT2D eigenvalue weighted by atomic mass is 9.95. The zero-order chi connectivity index (χ0) is 15.0. The van der Waals surface area contributed by atoms with Crippen molar-refractivity contribution in [3.8, 4) is 0 Å². The van der Waals surface area contributed by atoms with E-state index < -0.39 is 16.7 Å². The fraction of sp³-hybridized carbons (Fsp3) is 0.667. The highest BCUT2D eigenvalue weighted by Crippen LogP contribution is 2.34. The summed E-state index contributed by atoms with van der Waals surface area (Å²) in [7, 11) is 0. The number of carbonyl (C=O) groups is 1. The molecule has 0 aromatic carbocycles. The van der Waals surface area contributed by atoms with Crippen molar-refractivity contribution in [1.29, 1.82) is 0 Å². The second kappa shape index (κ2) is 5.42. The molecule has 0 atom stereocenters. The molecular formula is C12H16F3N3OS. The summed E-state index contributed by atoms with van der Waals surface area (Å²) >= 11 is 0.411. The molecule has 2 heterocycles. The molecule has 1 fully saturated rings. The SMILES string of the molecule is CC(C)(C(=O)c1cnc(C(F)(F)F)s1)N1CCNCC1. The number of nitrogens with zero attached hydrogens (tertiary/aromatic N) is 2. The summed E-state index contributed by atoms with van der Waals surface area (Å²) in [6, 6.07) is 0. The van der Waals surface area contributed by atoms with Crippen molar-refractivity contribution in [1.82, 2.24) is 15.2 Å². The van der Waals surface area contributed by atoms with E-state index in [2.05, 4.69) is 10.3 Å². The van der Waals surface area contributed by atoms with Crippen LogP contribution in [0.2, 0.25) is 0 Å². The van der Waals surface area contributed by atoms with Gasteiger partial charge in [0.2, 0.25) is 0 Å². The topological polar surface area (TPSA) is 45.2 Å². The molecule has 8 heteroatoms. The van der Waals surface area contributed by atoms with Gasteiger partial charge < -0.3 is 5.32 Å². The van der Waals surface area contributed by atoms with Crippen LogP contribution < -0.4 is 5.32 Å². The molecule has 1 aromatic heterocycles. The van der Waals surface area contributed by atoms with E-state index in [-0.39, 0.29) is 10.7 Å². The van der Waals surface area contributed by atoms with Crippen molar-refractivity contribution in [3.05, 3.63) is 16.1 Å². The van der Waals surface area contributed by atoms with Gasteiger partial charge in [-0.1, -0.05) is 0 Å². The Hall–Kier alpha value is -0.990. The lowest BCUT2D eigenvalue weighted by Gasteiger charge is -2.39. The van der Waals surface area contributed by atoms with Crippen LogP contribution in [0.15, 0.2) is 6.20 Å². The number of carbonyl (C=O) groups excluding carboxylic acids is 1. The highest BCUT2D eigenvalue weighted by molar-refractivity contribution is 7.13. The number of aromatic nitrogens is 1. The van der Waals surface area contributed by atoms with E-state index in [1.54, 1.807) is 13.8 Å². The van der Waals surface area contributed by atoms with Crippen molar-refractivity contribution >= 4 is 17.1 Å². The molecule has 0 bridgehead atoms. The number of Topliss-reactive ketones (excluding diaryl/α,β-unsaturated/α-hetero) is 1. The van der Waals surface area contributed by atoms with Gasteiger partial charge in [-0.25, -0.2) is 4.98 Å². The first-order valence-corrected chi connectivity index (χ1v) is 7.08. The summed E-state index contributed by atoms with van der Waals surface area (Å²) in [4.78, 5) is 17.8. The van der Waals surface area contributed by atoms with Gasteiger partial charge in [0.25, 0.3) is 0 Å². The Balaban J connectivity index is 2.19. The Labute approximate surface area is 119 Å². The molecule has 1 aliphatic rings. The predicted molar refractivity (Wildman–Crippen MR) is 70.0 cm³/mol. The van der Waals surface area contributed by atoms with Gasteiger partial charge in [-0.15, -0.1) is 11.3 Å². The molecule has 20 heavy (non-hydrogen) atoms. The smallest absolute Gasteiger partial charge is 0.314 e. The molecule has 0 saturated carbocycles. The zero-order valence-corrected chi connectivity index (χ0v) is 12.1. The average molecular weight is 307 g/mol. The molecule has 1 aliphatic heterocycles. The van der Waals surface area contributed by atoms with Crippen molar-refractivity contribution in [3.63, 3.8) is 0 Å². The Morgan fingerprint density at radius 1 is 1.35 bits per heavy atom. The van der Waals surface area contributed by atoms with E-state index in [4.69, 9.17) is 0 Å². The summed E-state index contributed by atoms with van der Waals surface area (Å²) in [6.45, 7) is 6.43. The molecule has 2 rings (SSSR count). The molecule has 0 spiro atoms. The first kappa shape index (κ1) is 15.4. The lowest BCUT2D eigenvalue weighted by molar-refractivity contribution is -0.137. The zero-order valence-electron chi connectivity index (χ0n) is 11.3. The van der Waals surface area contributed by atoms with Gasteiger partial charge in [0.1, 0.15) is 0 Å². The van der Waals surface area contributed by atoms with Crippen molar-refractivity contribution in [2.75, 3.05) is 26.2 Å². The maximum atomic E-state index is 12.5. The number of hydrogen-bond acceptors (Lipinski definition) is 5. The lowest BCUT2D eigenvalue weighted by Crippen LogP contribution is -2.56. The normalized spacial score (nSPS) is 18.2. The van der Waals surface area contributed by atoms with Crippen molar-refractivity contribution in [2.24, 2.45) is 0 Å². The van der Waals surface area contributed by atoms with Gasteiger partial charge in [0.15, 0.2) is 10.8 Å². The van der Waals surface area contributed by atoms with E-state index in [1.165, 1.54) is 0 Å². The molecule has 0 unspecified atom stereocenters. The fourth-order valence-electron chi connectivity index (χ4n) is 2.18. The number of halogens is 3. The first-order valence-electron chi connectivity index (χ1n) is 6.26. The highest BCUT2D eigenvalue weighted by atomic mass is 32.1. The second-order valence-electron chi connectivity index (χ2n) is 5.15. The fourth-order valence-corrected chi connectivity index (χ4v) is 3.06. The van der Waals surface area contributed by atoms with Crippen LogP contribution in [-0.2, 0) is 6.18 Å². The maximum absolute atomic E-state index is 12.5. The molecular weight excluding hydrogens is 291 g/mol. The molecule has 1 aromatic rings. The number of piperazine rings is 1. The predicted octanol–water partition coefficient (Wildman–Crippen LogP) is 2.03. The molecule has 4 nitrogen and oxygen atoms in total. The van der Waals surface area contributed by atoms with Gasteiger partial charge in [-0.05, 0) is 13.8 Å². The van der Waals surface area contributed by atoms with E-state index in [1.807, 2.05) is 4.90 Å². The van der Waals surface area contributed by atoms with Crippen LogP contribution in [0, 0.1) is 0 Å². The largest absolute Gasteiger partial charge is 0.443 e. The van der Waals surface area contributed by atoms with Crippen LogP contribution in [0.3, 0.4) is 0 Å². The number of thiazole rings is 1. The number of ketones is 1. The van der Waals surface area contributed by atoms with Crippen LogP contribution in [-0.4, -0.2) is 47.4 Å². The minimum absolute atomic E-state index is 0.0563. The van der Waals surface area contributed by atoms with Gasteiger partial charge in [-0.2, -0.15) is 13.2 Å². The summed E-state index contributed by atoms with van der Waals surface area (Å²) in [5, 5.41) is 2.20. The van der Waals surface area contributed by atoms with Crippen LogP contribution >= 0.6 is 11.3 Å². The van der Waals surface area contributed by atoms with Crippen LogP contribution in [0.5, 0.6) is 0 Å². The van der Waals surface area contributed by atoms with E-state index in [0.29, 0.717) is 24.4 Å². The third-order valence-electron chi connectivity index (χ3n) is 3.44. The standard InChI is InChI=1S/C12H16F3N3OS/c1-11(2,18-5-3-16-4-6-18)9(19)8-7-17-10(20-8)12(13,14)15/h7,16H,3-6H2,1-2H3. The molecule has 0 radical (unpaired) electrons. The minimum atomic E-state index is -4.50. The molecule has 112 valence electrons. The maximum Gasteiger partial charge on any atom is 0.443 e. The van der Waals surface area contributed by atoms with Gasteiger partial charge in [0, 0.05) is 32.4 Å². The van der Waals surface area contributed by atoms with E-state index >= 15 is 0 Å². The third-order valence-corrected chi connectivity index (χ3v) is 4.48. The Kier molecular flexibility index (Phi) is 4.17. The van der Waals surface area contributed by atoms with Gasteiger partial charge >= 0.3 is 6.18 Å². The summed E-state index contributed by atoms with van der Waals surface area (Å²) in [5.74, 6) is -0.313. The minimum Gasteiger partial charge on any atom is -0.314 e. The molecule has 1 saturated heterocycles. The quantitative estimate of drug-likeness (QED) is 0.868. The monoisotopic (exact) mass is 307 g/mol. The van der Waals surface area contributed by atoms with E-state index in [9.17, 15) is 18.0 Å². The Morgan fingerprint density at radius 2 is 1.95 bits per heavy atom. The number of rotatable bonds is 3. The second-order valence-corrected chi connectivity index (χ2v) is 6.18. The molecule has 0 amide bonds. The number of alkyl halides is 3. The summed E-state index contributed by atoms with van der Waals surface area (Å²) in [6.07, 6.45) is -3.47. The third kappa shape index (κ3) is 3.02.